The summed E-state index contributed by atoms with van der Waals surface area (Å²) in [5.74, 6) is -0.337. The van der Waals surface area contributed by atoms with Crippen LogP contribution in [-0.2, 0) is 4.79 Å². The van der Waals surface area contributed by atoms with Crippen molar-refractivity contribution in [2.24, 2.45) is 0 Å². The van der Waals surface area contributed by atoms with E-state index in [1.54, 1.807) is 6.92 Å². The Bertz CT molecular complexity index is 339. The largest absolute Gasteiger partial charge is 0.392 e. The summed E-state index contributed by atoms with van der Waals surface area (Å²) in [7, 11) is 0. The average Bonchev–Trinajstić information content (AvgIpc) is 2.25. The minimum Gasteiger partial charge on any atom is -0.392 e. The summed E-state index contributed by atoms with van der Waals surface area (Å²) >= 11 is 0. The molecule has 0 radical (unpaired) electrons. The van der Waals surface area contributed by atoms with Gasteiger partial charge in [0.25, 0.3) is 0 Å². The van der Waals surface area contributed by atoms with Gasteiger partial charge in [-0.2, -0.15) is 0 Å². The Morgan fingerprint density at radius 3 is 2.53 bits per heavy atom. The molecule has 1 fully saturated rings. The summed E-state index contributed by atoms with van der Waals surface area (Å²) in [4.78, 5) is 25.5. The maximum absolute atomic E-state index is 11.9. The molecule has 0 aliphatic carbocycles. The quantitative estimate of drug-likeness (QED) is 0.681. The molecule has 2 unspecified atom stereocenters. The number of likely N-dealkylation sites (tertiary alicyclic amines) is 1. The smallest absolute Gasteiger partial charge is 0.321 e. The van der Waals surface area contributed by atoms with Gasteiger partial charge >= 0.3 is 6.03 Å². The fourth-order valence-corrected chi connectivity index (χ4v) is 2.09. The predicted octanol–water partition coefficient (Wildman–Crippen LogP) is 0.456. The zero-order valence-corrected chi connectivity index (χ0v) is 12.2. The number of hydrogen-bond acceptors (Lipinski definition) is 4. The van der Waals surface area contributed by atoms with Crippen LogP contribution >= 0.6 is 0 Å². The van der Waals surface area contributed by atoms with Gasteiger partial charge in [0.2, 0.25) is 5.91 Å². The lowest BCUT2D eigenvalue weighted by atomic mass is 10.1. The number of β-amino-alcohol motifs (C(OH)–C–C–N with tert-alkyl or cyclic N) is 1. The van der Waals surface area contributed by atoms with Crippen molar-refractivity contribution in [3.63, 3.8) is 0 Å². The van der Waals surface area contributed by atoms with Gasteiger partial charge in [-0.1, -0.05) is 0 Å². The summed E-state index contributed by atoms with van der Waals surface area (Å²) in [5, 5.41) is 14.6. The van der Waals surface area contributed by atoms with E-state index < -0.39 is 12.1 Å². The van der Waals surface area contributed by atoms with Crippen LogP contribution in [0.3, 0.4) is 0 Å². The fourth-order valence-electron chi connectivity index (χ4n) is 2.09. The second-order valence-electron chi connectivity index (χ2n) is 6.16. The van der Waals surface area contributed by atoms with Crippen molar-refractivity contribution in [1.82, 2.24) is 15.5 Å². The van der Waals surface area contributed by atoms with Gasteiger partial charge in [0, 0.05) is 12.1 Å². The molecule has 0 aromatic carbocycles. The first-order valence-corrected chi connectivity index (χ1v) is 6.74. The van der Waals surface area contributed by atoms with Crippen LogP contribution in [0.4, 0.5) is 4.79 Å². The number of amides is 3. The van der Waals surface area contributed by atoms with Gasteiger partial charge in [0.15, 0.2) is 0 Å². The Kier molecular flexibility index (Phi) is 5.31. The number of aliphatic hydroxyl groups is 1. The molecule has 0 aromatic heterocycles. The van der Waals surface area contributed by atoms with Crippen molar-refractivity contribution < 1.29 is 14.7 Å². The lowest BCUT2D eigenvalue weighted by molar-refractivity contribution is -0.125. The first-order valence-electron chi connectivity index (χ1n) is 6.74. The molecule has 1 aliphatic rings. The molecule has 1 heterocycles. The zero-order chi connectivity index (χ0) is 14.6. The molecular formula is C13H25N3O3. The average molecular weight is 271 g/mol. The molecule has 1 rings (SSSR count). The molecule has 1 aliphatic heterocycles. The summed E-state index contributed by atoms with van der Waals surface area (Å²) in [6.45, 7) is 8.55. The minimum absolute atomic E-state index is 0.337. The van der Waals surface area contributed by atoms with Gasteiger partial charge < -0.3 is 10.4 Å². The highest BCUT2D eigenvalue weighted by atomic mass is 16.3. The lowest BCUT2D eigenvalue weighted by Crippen LogP contribution is -2.55. The maximum Gasteiger partial charge on any atom is 0.321 e. The standard InChI is InChI=1S/C13H25N3O3/c1-9(16-7-5-6-10(17)8-16)11(18)14-12(19)15-13(2,3)4/h9-10,17H,5-8H2,1-4H3,(H2,14,15,18,19). The fraction of sp³-hybridized carbons (Fsp3) is 0.846. The van der Waals surface area contributed by atoms with E-state index in [-0.39, 0.29) is 17.6 Å². The van der Waals surface area contributed by atoms with Gasteiger partial charge in [0.1, 0.15) is 0 Å². The Labute approximate surface area is 114 Å². The van der Waals surface area contributed by atoms with E-state index in [4.69, 9.17) is 0 Å². The Balaban J connectivity index is 2.46. The van der Waals surface area contributed by atoms with Crippen LogP contribution < -0.4 is 10.6 Å². The number of urea groups is 1. The molecule has 6 nitrogen and oxygen atoms in total. The first kappa shape index (κ1) is 15.9. The van der Waals surface area contributed by atoms with Crippen LogP contribution in [0.5, 0.6) is 0 Å². The van der Waals surface area contributed by atoms with E-state index in [1.807, 2.05) is 25.7 Å². The van der Waals surface area contributed by atoms with Gasteiger partial charge in [-0.05, 0) is 47.1 Å². The predicted molar refractivity (Wildman–Crippen MR) is 72.7 cm³/mol. The number of piperidine rings is 1. The number of nitrogens with zero attached hydrogens (tertiary/aromatic N) is 1. The van der Waals surface area contributed by atoms with E-state index in [9.17, 15) is 14.7 Å². The van der Waals surface area contributed by atoms with Crippen LogP contribution in [0.2, 0.25) is 0 Å². The molecule has 6 heteroatoms. The van der Waals surface area contributed by atoms with Crippen molar-refractivity contribution in [2.75, 3.05) is 13.1 Å². The van der Waals surface area contributed by atoms with Crippen molar-refractivity contribution >= 4 is 11.9 Å². The Hall–Kier alpha value is -1.14. The summed E-state index contributed by atoms with van der Waals surface area (Å²) in [6, 6.07) is -0.900. The van der Waals surface area contributed by atoms with Crippen molar-refractivity contribution in [3.05, 3.63) is 0 Å². The van der Waals surface area contributed by atoms with E-state index in [2.05, 4.69) is 10.6 Å². The monoisotopic (exact) mass is 271 g/mol. The number of nitrogens with one attached hydrogen (secondary N) is 2. The molecule has 2 atom stereocenters. The second kappa shape index (κ2) is 6.34. The van der Waals surface area contributed by atoms with Gasteiger partial charge in [-0.3, -0.25) is 15.0 Å². The van der Waals surface area contributed by atoms with Crippen LogP contribution in [-0.4, -0.2) is 52.7 Å². The van der Waals surface area contributed by atoms with E-state index in [0.29, 0.717) is 6.54 Å². The topological polar surface area (TPSA) is 81.7 Å². The SMILES string of the molecule is CC(C(=O)NC(=O)NC(C)(C)C)N1CCCC(O)C1. The van der Waals surface area contributed by atoms with E-state index >= 15 is 0 Å². The highest BCUT2D eigenvalue weighted by Gasteiger charge is 2.27. The minimum atomic E-state index is -0.484. The highest BCUT2D eigenvalue weighted by Crippen LogP contribution is 2.12. The lowest BCUT2D eigenvalue weighted by Gasteiger charge is -2.34. The molecule has 110 valence electrons. The summed E-state index contributed by atoms with van der Waals surface area (Å²) < 4.78 is 0. The Morgan fingerprint density at radius 1 is 1.37 bits per heavy atom. The number of imide groups is 1. The third-order valence-electron chi connectivity index (χ3n) is 3.08. The van der Waals surface area contributed by atoms with Crippen molar-refractivity contribution in [3.8, 4) is 0 Å². The number of rotatable bonds is 2. The van der Waals surface area contributed by atoms with Crippen LogP contribution in [0.1, 0.15) is 40.5 Å². The van der Waals surface area contributed by atoms with Crippen LogP contribution in [0.15, 0.2) is 0 Å². The highest BCUT2D eigenvalue weighted by molar-refractivity contribution is 5.97. The summed E-state index contributed by atoms with van der Waals surface area (Å²) in [5.41, 5.74) is -0.380. The normalized spacial score (nSPS) is 22.7. The molecule has 0 saturated carbocycles. The molecule has 3 amide bonds. The molecule has 0 spiro atoms. The maximum atomic E-state index is 11.9. The van der Waals surface area contributed by atoms with Gasteiger partial charge in [-0.25, -0.2) is 4.79 Å². The molecule has 1 saturated heterocycles. The third-order valence-corrected chi connectivity index (χ3v) is 3.08. The van der Waals surface area contributed by atoms with Gasteiger partial charge in [0.05, 0.1) is 12.1 Å². The van der Waals surface area contributed by atoms with E-state index in [0.717, 1.165) is 19.4 Å². The molecule has 0 bridgehead atoms. The second-order valence-corrected chi connectivity index (χ2v) is 6.16. The van der Waals surface area contributed by atoms with Crippen LogP contribution in [0.25, 0.3) is 0 Å². The zero-order valence-electron chi connectivity index (χ0n) is 12.2. The number of hydrogen-bond donors (Lipinski definition) is 3. The molecule has 19 heavy (non-hydrogen) atoms. The van der Waals surface area contributed by atoms with Crippen molar-refractivity contribution in [2.45, 2.75) is 58.2 Å². The summed E-state index contributed by atoms with van der Waals surface area (Å²) in [6.07, 6.45) is 1.26. The van der Waals surface area contributed by atoms with Crippen molar-refractivity contribution in [1.29, 1.82) is 0 Å². The third kappa shape index (κ3) is 5.57. The molecule has 0 aromatic rings. The molecule has 3 N–H and O–H groups in total. The molecular weight excluding hydrogens is 246 g/mol. The van der Waals surface area contributed by atoms with Gasteiger partial charge in [-0.15, -0.1) is 0 Å². The van der Waals surface area contributed by atoms with Crippen LogP contribution in [0, 0.1) is 0 Å². The first-order chi connectivity index (χ1) is 8.69. The number of aliphatic hydroxyl groups excluding tert-OH is 1. The number of carbonyl (C=O) groups is 2. The number of carbonyl (C=O) groups excluding carboxylic acids is 2. The Morgan fingerprint density at radius 2 is 2.00 bits per heavy atom. The van der Waals surface area contributed by atoms with E-state index in [1.165, 1.54) is 0 Å².